The largest absolute Gasteiger partial charge is 0.378 e. The van der Waals surface area contributed by atoms with Crippen LogP contribution in [0.25, 0.3) is 0 Å². The molecule has 1 aliphatic heterocycles. The summed E-state index contributed by atoms with van der Waals surface area (Å²) in [7, 11) is 0. The Morgan fingerprint density at radius 1 is 1.06 bits per heavy atom. The lowest BCUT2D eigenvalue weighted by molar-refractivity contribution is 0.0271. The van der Waals surface area contributed by atoms with Crippen molar-refractivity contribution in [2.45, 2.75) is 63.5 Å². The molecule has 2 rings (SSSR count). The van der Waals surface area contributed by atoms with Gasteiger partial charge in [-0.25, -0.2) is 0 Å². The number of hydrogen-bond donors (Lipinski definition) is 1. The molecule has 17 heavy (non-hydrogen) atoms. The smallest absolute Gasteiger partial charge is 0.0575 e. The van der Waals surface area contributed by atoms with Gasteiger partial charge in [0, 0.05) is 18.4 Å². The summed E-state index contributed by atoms with van der Waals surface area (Å²) in [5.41, 5.74) is 0. The average molecular weight is 257 g/mol. The van der Waals surface area contributed by atoms with E-state index in [9.17, 15) is 0 Å². The highest BCUT2D eigenvalue weighted by molar-refractivity contribution is 7.99. The maximum atomic E-state index is 5.93. The van der Waals surface area contributed by atoms with Gasteiger partial charge in [-0.2, -0.15) is 11.8 Å². The Bertz CT molecular complexity index is 169. The second kappa shape index (κ2) is 8.39. The van der Waals surface area contributed by atoms with Crippen LogP contribution in [0.5, 0.6) is 0 Å². The van der Waals surface area contributed by atoms with Gasteiger partial charge in [-0.05, 0) is 44.4 Å². The molecular weight excluding hydrogens is 230 g/mol. The van der Waals surface area contributed by atoms with Crippen molar-refractivity contribution in [3.05, 3.63) is 0 Å². The van der Waals surface area contributed by atoms with Crippen LogP contribution in [0.2, 0.25) is 0 Å². The zero-order valence-electron chi connectivity index (χ0n) is 11.0. The van der Waals surface area contributed by atoms with Crippen molar-refractivity contribution in [2.75, 3.05) is 24.7 Å². The third-order valence-corrected chi connectivity index (χ3v) is 5.04. The third kappa shape index (κ3) is 5.62. The summed E-state index contributed by atoms with van der Waals surface area (Å²) in [6.07, 6.45) is 11.3. The lowest BCUT2D eigenvalue weighted by Gasteiger charge is -2.24. The predicted molar refractivity (Wildman–Crippen MR) is 75.8 cm³/mol. The van der Waals surface area contributed by atoms with E-state index >= 15 is 0 Å². The van der Waals surface area contributed by atoms with Gasteiger partial charge in [0.15, 0.2) is 0 Å². The number of ether oxygens (including phenoxy) is 1. The molecule has 0 aromatic carbocycles. The quantitative estimate of drug-likeness (QED) is 0.738. The molecule has 1 N–H and O–H groups in total. The van der Waals surface area contributed by atoms with E-state index < -0.39 is 0 Å². The average Bonchev–Trinajstić information content (AvgIpc) is 2.41. The maximum Gasteiger partial charge on any atom is 0.0575 e. The summed E-state index contributed by atoms with van der Waals surface area (Å²) in [6.45, 7) is 2.09. The number of nitrogens with one attached hydrogen (secondary N) is 1. The van der Waals surface area contributed by atoms with E-state index in [1.165, 1.54) is 62.9 Å². The second-order valence-electron chi connectivity index (χ2n) is 5.35. The van der Waals surface area contributed by atoms with Crippen LogP contribution in [-0.4, -0.2) is 36.8 Å². The Kier molecular flexibility index (Phi) is 6.76. The first kappa shape index (κ1) is 13.7. The molecule has 0 radical (unpaired) electrons. The van der Waals surface area contributed by atoms with Gasteiger partial charge in [-0.15, -0.1) is 0 Å². The fourth-order valence-corrected chi connectivity index (χ4v) is 3.87. The zero-order chi connectivity index (χ0) is 11.8. The fourth-order valence-electron chi connectivity index (χ4n) is 2.76. The molecular formula is C14H27NOS. The molecule has 1 aliphatic carbocycles. The Balaban J connectivity index is 1.42. The molecule has 0 aromatic rings. The monoisotopic (exact) mass is 257 g/mol. The molecule has 2 aliphatic rings. The van der Waals surface area contributed by atoms with Gasteiger partial charge in [0.05, 0.1) is 6.10 Å². The Morgan fingerprint density at radius 3 is 2.71 bits per heavy atom. The fraction of sp³-hybridized carbons (Fsp3) is 1.00. The van der Waals surface area contributed by atoms with Gasteiger partial charge >= 0.3 is 0 Å². The number of hydrogen-bond acceptors (Lipinski definition) is 3. The van der Waals surface area contributed by atoms with Crippen LogP contribution in [0.15, 0.2) is 0 Å². The molecule has 2 nitrogen and oxygen atoms in total. The van der Waals surface area contributed by atoms with E-state index in [0.29, 0.717) is 6.10 Å². The van der Waals surface area contributed by atoms with Gasteiger partial charge in [-0.1, -0.05) is 19.3 Å². The highest BCUT2D eigenvalue weighted by Crippen LogP contribution is 2.20. The van der Waals surface area contributed by atoms with E-state index in [2.05, 4.69) is 17.1 Å². The van der Waals surface area contributed by atoms with E-state index in [-0.39, 0.29) is 0 Å². The van der Waals surface area contributed by atoms with Crippen LogP contribution in [0.1, 0.15) is 51.4 Å². The van der Waals surface area contributed by atoms with E-state index in [0.717, 1.165) is 19.2 Å². The molecule has 1 atom stereocenters. The highest BCUT2D eigenvalue weighted by Gasteiger charge is 2.14. The summed E-state index contributed by atoms with van der Waals surface area (Å²) in [5.74, 6) is 2.67. The molecule has 1 saturated carbocycles. The van der Waals surface area contributed by atoms with Crippen molar-refractivity contribution >= 4 is 11.8 Å². The minimum atomic E-state index is 0.578. The summed E-state index contributed by atoms with van der Waals surface area (Å²) in [6, 6.07) is 0.767. The van der Waals surface area contributed by atoms with Crippen molar-refractivity contribution in [2.24, 2.45) is 0 Å². The van der Waals surface area contributed by atoms with Gasteiger partial charge < -0.3 is 10.1 Å². The van der Waals surface area contributed by atoms with Crippen LogP contribution < -0.4 is 5.32 Å². The molecule has 2 fully saturated rings. The molecule has 0 spiro atoms. The molecule has 1 heterocycles. The first-order valence-electron chi connectivity index (χ1n) is 7.38. The molecule has 1 unspecified atom stereocenters. The highest BCUT2D eigenvalue weighted by atomic mass is 32.2. The summed E-state index contributed by atoms with van der Waals surface area (Å²) >= 11 is 2.10. The van der Waals surface area contributed by atoms with E-state index in [4.69, 9.17) is 4.74 Å². The van der Waals surface area contributed by atoms with Crippen molar-refractivity contribution in [1.82, 2.24) is 5.32 Å². The predicted octanol–water partition coefficient (Wildman–Crippen LogP) is 3.21. The molecule has 100 valence electrons. The lowest BCUT2D eigenvalue weighted by Crippen LogP contribution is -2.34. The normalized spacial score (nSPS) is 27.2. The second-order valence-corrected chi connectivity index (χ2v) is 6.50. The summed E-state index contributed by atoms with van der Waals surface area (Å²) < 4.78 is 5.93. The van der Waals surface area contributed by atoms with Crippen molar-refractivity contribution in [3.8, 4) is 0 Å². The first-order chi connectivity index (χ1) is 8.45. The SMILES string of the molecule is C1CCC(OCCCNC2CCCSC2)CC1. The molecule has 3 heteroatoms. The topological polar surface area (TPSA) is 21.3 Å². The zero-order valence-corrected chi connectivity index (χ0v) is 11.8. The van der Waals surface area contributed by atoms with Crippen molar-refractivity contribution < 1.29 is 4.74 Å². The number of thioether (sulfide) groups is 1. The van der Waals surface area contributed by atoms with E-state index in [1.54, 1.807) is 0 Å². The first-order valence-corrected chi connectivity index (χ1v) is 8.53. The van der Waals surface area contributed by atoms with Gasteiger partial charge in [0.25, 0.3) is 0 Å². The van der Waals surface area contributed by atoms with Crippen LogP contribution in [0.4, 0.5) is 0 Å². The van der Waals surface area contributed by atoms with Gasteiger partial charge in [0.1, 0.15) is 0 Å². The Morgan fingerprint density at radius 2 is 1.94 bits per heavy atom. The third-order valence-electron chi connectivity index (χ3n) is 3.82. The molecule has 1 saturated heterocycles. The Labute approximate surface area is 110 Å². The minimum absolute atomic E-state index is 0.578. The van der Waals surface area contributed by atoms with Crippen molar-refractivity contribution in [3.63, 3.8) is 0 Å². The van der Waals surface area contributed by atoms with E-state index in [1.807, 2.05) is 0 Å². The summed E-state index contributed by atoms with van der Waals surface area (Å²) in [4.78, 5) is 0. The standard InChI is InChI=1S/C14H27NOS/c1-2-7-14(8-3-1)16-10-5-9-15-13-6-4-11-17-12-13/h13-15H,1-12H2. The maximum absolute atomic E-state index is 5.93. The lowest BCUT2D eigenvalue weighted by atomic mass is 9.98. The number of rotatable bonds is 6. The summed E-state index contributed by atoms with van der Waals surface area (Å²) in [5, 5.41) is 3.66. The van der Waals surface area contributed by atoms with Crippen LogP contribution in [0, 0.1) is 0 Å². The van der Waals surface area contributed by atoms with Crippen molar-refractivity contribution in [1.29, 1.82) is 0 Å². The minimum Gasteiger partial charge on any atom is -0.378 e. The van der Waals surface area contributed by atoms with Crippen LogP contribution in [0.3, 0.4) is 0 Å². The molecule has 0 amide bonds. The molecule has 0 bridgehead atoms. The van der Waals surface area contributed by atoms with Crippen LogP contribution in [-0.2, 0) is 4.74 Å². The van der Waals surface area contributed by atoms with Gasteiger partial charge in [0.2, 0.25) is 0 Å². The Hall–Kier alpha value is 0.270. The molecule has 0 aromatic heterocycles. The van der Waals surface area contributed by atoms with Crippen LogP contribution >= 0.6 is 11.8 Å². The van der Waals surface area contributed by atoms with Gasteiger partial charge in [-0.3, -0.25) is 0 Å².